The van der Waals surface area contributed by atoms with E-state index in [-0.39, 0.29) is 0 Å². The summed E-state index contributed by atoms with van der Waals surface area (Å²) in [5.41, 5.74) is 0. The van der Waals surface area contributed by atoms with Crippen LogP contribution in [0.2, 0.25) is 0 Å². The molecule has 0 aliphatic rings. The van der Waals surface area contributed by atoms with E-state index in [0.717, 1.165) is 6.92 Å². The van der Waals surface area contributed by atoms with Crippen molar-refractivity contribution in [2.45, 2.75) is 6.92 Å². The monoisotopic (exact) mass is 77.1 g/mol. The Morgan fingerprint density at radius 2 is 3.20 bits per heavy atom. The zero-order valence-electron chi connectivity index (χ0n) is 5.82. The van der Waals surface area contributed by atoms with Gasteiger partial charge in [0.1, 0.15) is 0 Å². The van der Waals surface area contributed by atoms with E-state index in [1.165, 1.54) is 0 Å². The van der Waals surface area contributed by atoms with Crippen LogP contribution < -0.4 is 0 Å². The molecule has 0 radical (unpaired) electrons. The van der Waals surface area contributed by atoms with Gasteiger partial charge >= 0.3 is 0 Å². The first-order chi connectivity index (χ1) is 3.42. The van der Waals surface area contributed by atoms with Crippen molar-refractivity contribution in [3.05, 3.63) is 0 Å². The Balaban J connectivity index is 3.55. The van der Waals surface area contributed by atoms with E-state index in [9.17, 15) is 4.79 Å². The standard InChI is InChI=1S/C3H6O2/c1-2-5-3-4/h3H,2H2,1H3/i2D2,3D. The molecule has 0 aliphatic heterocycles. The molecule has 0 aromatic heterocycles. The highest BCUT2D eigenvalue weighted by Gasteiger charge is 1.60. The summed E-state index contributed by atoms with van der Waals surface area (Å²) in [5.74, 6) is 0. The van der Waals surface area contributed by atoms with Gasteiger partial charge in [0.25, 0.3) is 6.45 Å². The van der Waals surface area contributed by atoms with Crippen molar-refractivity contribution in [3.8, 4) is 0 Å². The predicted molar refractivity (Wildman–Crippen MR) is 17.7 cm³/mol. The molecule has 0 amide bonds. The van der Waals surface area contributed by atoms with Gasteiger partial charge in [-0.05, 0) is 6.92 Å². The van der Waals surface area contributed by atoms with E-state index in [1.54, 1.807) is 0 Å². The molecule has 0 saturated carbocycles. The van der Waals surface area contributed by atoms with Gasteiger partial charge in [-0.2, -0.15) is 0 Å². The topological polar surface area (TPSA) is 26.3 Å². The Labute approximate surface area is 35.0 Å². The first-order valence-electron chi connectivity index (χ1n) is 2.61. The summed E-state index contributed by atoms with van der Waals surface area (Å²) in [6.07, 6.45) is -1.35. The second-order valence-corrected chi connectivity index (χ2v) is 0.390. The normalized spacial score (nSPS) is 18.2. The number of rotatable bonds is 1. The van der Waals surface area contributed by atoms with Gasteiger partial charge < -0.3 is 4.74 Å². The molecule has 5 heavy (non-hydrogen) atoms. The molecule has 0 rings (SSSR count). The molecule has 0 saturated heterocycles. The lowest BCUT2D eigenvalue weighted by atomic mass is 10.9. The number of hydrogen-bond donors (Lipinski definition) is 0. The molecule has 2 heteroatoms. The fraction of sp³-hybridized carbons (Fsp3) is 0.667. The largest absolute Gasteiger partial charge is 0.468 e. The van der Waals surface area contributed by atoms with Crippen molar-refractivity contribution in [2.75, 3.05) is 6.56 Å². The maximum atomic E-state index is 9.66. The lowest BCUT2D eigenvalue weighted by Gasteiger charge is -1.79. The van der Waals surface area contributed by atoms with Gasteiger partial charge in [-0.15, -0.1) is 0 Å². The highest BCUT2D eigenvalue weighted by molar-refractivity contribution is 5.36. The Morgan fingerprint density at radius 3 is 3.20 bits per heavy atom. The van der Waals surface area contributed by atoms with Crippen LogP contribution in [0.25, 0.3) is 0 Å². The lowest BCUT2D eigenvalue weighted by Crippen LogP contribution is -1.80. The Kier molecular flexibility index (Phi) is 0.892. The summed E-state index contributed by atoms with van der Waals surface area (Å²) in [6.45, 7) is -0.960. The van der Waals surface area contributed by atoms with E-state index < -0.39 is 13.0 Å². The number of carbonyl (C=O) groups is 1. The van der Waals surface area contributed by atoms with Gasteiger partial charge in [0.15, 0.2) is 1.37 Å². The molecule has 0 aliphatic carbocycles. The van der Waals surface area contributed by atoms with E-state index in [4.69, 9.17) is 4.11 Å². The fourth-order valence-corrected chi connectivity index (χ4v) is 0.0417. The van der Waals surface area contributed by atoms with Gasteiger partial charge in [-0.25, -0.2) is 0 Å². The third-order valence-electron chi connectivity index (χ3n) is 0.144. The third-order valence-corrected chi connectivity index (χ3v) is 0.144. The number of hydrogen-bond acceptors (Lipinski definition) is 2. The van der Waals surface area contributed by atoms with Gasteiger partial charge in [0.05, 0.1) is 9.30 Å². The molecule has 2 nitrogen and oxygen atoms in total. The van der Waals surface area contributed by atoms with Crippen LogP contribution in [0.3, 0.4) is 0 Å². The Hall–Kier alpha value is -0.530. The van der Waals surface area contributed by atoms with E-state index in [2.05, 4.69) is 4.74 Å². The molecule has 0 aromatic carbocycles. The first-order valence-corrected chi connectivity index (χ1v) is 1.11. The van der Waals surface area contributed by atoms with E-state index in [0.29, 0.717) is 0 Å². The molecule has 0 unspecified atom stereocenters. The van der Waals surface area contributed by atoms with Gasteiger partial charge in [0, 0.05) is 0 Å². The van der Waals surface area contributed by atoms with E-state index in [1.807, 2.05) is 0 Å². The average molecular weight is 77.1 g/mol. The SMILES string of the molecule is [2H]C(=O)OC([2H])([2H])C. The summed E-state index contributed by atoms with van der Waals surface area (Å²) < 4.78 is 23.1. The van der Waals surface area contributed by atoms with Crippen LogP contribution in [0.1, 0.15) is 11.0 Å². The maximum absolute atomic E-state index is 9.66. The van der Waals surface area contributed by atoms with E-state index >= 15 is 0 Å². The zero-order valence-corrected chi connectivity index (χ0v) is 2.82. The van der Waals surface area contributed by atoms with Gasteiger partial charge in [-0.3, -0.25) is 4.79 Å². The summed E-state index contributed by atoms with van der Waals surface area (Å²) in [7, 11) is 0. The minimum absolute atomic E-state index is 1.06. The van der Waals surface area contributed by atoms with Crippen LogP contribution in [0, 0.1) is 0 Å². The van der Waals surface area contributed by atoms with Crippen molar-refractivity contribution in [1.29, 1.82) is 0 Å². The third kappa shape index (κ3) is 3.47. The molecular weight excluding hydrogens is 68.0 g/mol. The molecular formula is C3H6O2. The van der Waals surface area contributed by atoms with Gasteiger partial charge in [-0.1, -0.05) is 0 Å². The molecule has 0 fully saturated rings. The van der Waals surface area contributed by atoms with Crippen molar-refractivity contribution in [2.24, 2.45) is 0 Å². The zero-order chi connectivity index (χ0) is 6.78. The van der Waals surface area contributed by atoms with Crippen LogP contribution in [0.5, 0.6) is 0 Å². The van der Waals surface area contributed by atoms with Crippen LogP contribution in [-0.2, 0) is 9.53 Å². The summed E-state index contributed by atoms with van der Waals surface area (Å²) >= 11 is 0. The van der Waals surface area contributed by atoms with Crippen LogP contribution >= 0.6 is 0 Å². The molecule has 0 N–H and O–H groups in total. The maximum Gasteiger partial charge on any atom is 0.293 e. The Bertz CT molecular complexity index is 95.2. The molecule has 0 atom stereocenters. The minimum atomic E-state index is -2.02. The average Bonchev–Trinajstić information content (AvgIpc) is 1.21. The summed E-state index contributed by atoms with van der Waals surface area (Å²) in [4.78, 5) is 9.66. The Morgan fingerprint density at radius 1 is 2.60 bits per heavy atom. The second-order valence-electron chi connectivity index (χ2n) is 0.390. The molecule has 0 aromatic rings. The summed E-state index contributed by atoms with van der Waals surface area (Å²) in [6, 6.07) is 0. The first kappa shape index (κ1) is 1.29. The van der Waals surface area contributed by atoms with Crippen molar-refractivity contribution >= 4 is 6.45 Å². The number of ether oxygens (including phenoxy) is 1. The smallest absolute Gasteiger partial charge is 0.293 e. The predicted octanol–water partition coefficient (Wildman–Crippen LogP) is 0.179. The molecule has 0 spiro atoms. The highest BCUT2D eigenvalue weighted by atomic mass is 16.5. The molecule has 0 bridgehead atoms. The lowest BCUT2D eigenvalue weighted by molar-refractivity contribution is -0.128. The van der Waals surface area contributed by atoms with Crippen LogP contribution in [-0.4, -0.2) is 13.0 Å². The summed E-state index contributed by atoms with van der Waals surface area (Å²) in [5, 5.41) is 0. The quantitative estimate of drug-likeness (QED) is 0.417. The fourth-order valence-electron chi connectivity index (χ4n) is 0.0417. The van der Waals surface area contributed by atoms with Crippen molar-refractivity contribution < 1.29 is 13.6 Å². The highest BCUT2D eigenvalue weighted by Crippen LogP contribution is 1.55. The van der Waals surface area contributed by atoms with Crippen molar-refractivity contribution in [3.63, 3.8) is 0 Å². The van der Waals surface area contributed by atoms with Crippen LogP contribution in [0.4, 0.5) is 0 Å². The minimum Gasteiger partial charge on any atom is -0.468 e. The van der Waals surface area contributed by atoms with Crippen LogP contribution in [0.15, 0.2) is 0 Å². The molecule has 0 heterocycles. The number of carbonyl (C=O) groups excluding carboxylic acids is 1. The van der Waals surface area contributed by atoms with Crippen molar-refractivity contribution in [1.82, 2.24) is 0 Å². The molecule has 30 valence electrons. The second kappa shape index (κ2) is 3.47. The van der Waals surface area contributed by atoms with Gasteiger partial charge in [0.2, 0.25) is 0 Å².